The molecule has 11 nitrogen and oxygen atoms in total. The summed E-state index contributed by atoms with van der Waals surface area (Å²) in [4.78, 5) is 26.3. The van der Waals surface area contributed by atoms with E-state index < -0.39 is 0 Å². The van der Waals surface area contributed by atoms with Gasteiger partial charge in [-0.05, 0) is 33.0 Å². The summed E-state index contributed by atoms with van der Waals surface area (Å²) in [5.41, 5.74) is 1.88. The van der Waals surface area contributed by atoms with Gasteiger partial charge in [-0.2, -0.15) is 9.97 Å². The molecule has 2 aromatic heterocycles. The molecule has 0 bridgehead atoms. The van der Waals surface area contributed by atoms with Gasteiger partial charge in [-0.1, -0.05) is 23.9 Å². The first kappa shape index (κ1) is 23.1. The Labute approximate surface area is 197 Å². The van der Waals surface area contributed by atoms with Gasteiger partial charge in [0.1, 0.15) is 0 Å². The van der Waals surface area contributed by atoms with Gasteiger partial charge < -0.3 is 25.8 Å². The van der Waals surface area contributed by atoms with Gasteiger partial charge in [0.15, 0.2) is 5.16 Å². The van der Waals surface area contributed by atoms with Crippen LogP contribution < -0.4 is 20.9 Å². The van der Waals surface area contributed by atoms with Gasteiger partial charge in [-0.3, -0.25) is 4.79 Å². The normalized spacial score (nSPS) is 14.5. The Kier molecular flexibility index (Phi) is 7.45. The van der Waals surface area contributed by atoms with E-state index in [2.05, 4.69) is 59.0 Å². The van der Waals surface area contributed by atoms with Gasteiger partial charge in [0.05, 0.1) is 17.1 Å². The lowest BCUT2D eigenvalue weighted by Crippen LogP contribution is -2.44. The molecule has 3 heterocycles. The van der Waals surface area contributed by atoms with Crippen LogP contribution in [0.5, 0.6) is 0 Å². The summed E-state index contributed by atoms with van der Waals surface area (Å²) >= 11 is 1.30. The molecule has 1 amide bonds. The molecule has 4 rings (SSSR count). The second-order valence-electron chi connectivity index (χ2n) is 7.69. The number of nitrogens with zero attached hydrogens (tertiary/aromatic N) is 7. The van der Waals surface area contributed by atoms with E-state index in [1.165, 1.54) is 11.8 Å². The van der Waals surface area contributed by atoms with Crippen molar-refractivity contribution in [3.05, 3.63) is 24.3 Å². The summed E-state index contributed by atoms with van der Waals surface area (Å²) in [5.74, 6) is 1.60. The Hall–Kier alpha value is -3.12. The van der Waals surface area contributed by atoms with Gasteiger partial charge in [-0.15, -0.1) is 10.2 Å². The second kappa shape index (κ2) is 10.7. The number of thioether (sulfide) groups is 1. The molecule has 1 aliphatic rings. The molecule has 3 aromatic rings. The topological polar surface area (TPSA) is 116 Å². The van der Waals surface area contributed by atoms with E-state index in [-0.39, 0.29) is 11.7 Å². The largest absolute Gasteiger partial charge is 0.367 e. The van der Waals surface area contributed by atoms with Crippen molar-refractivity contribution < 1.29 is 4.79 Å². The SMILES string of the molecule is CCNc1nc(NCC)n2c(SCC(=O)Nc3ccccc3N3CCN(C)CC3)nnc2n1. The first-order valence-electron chi connectivity index (χ1n) is 11.1. The minimum absolute atomic E-state index is 0.103. The maximum atomic E-state index is 12.8. The van der Waals surface area contributed by atoms with Crippen molar-refractivity contribution >= 4 is 46.7 Å². The van der Waals surface area contributed by atoms with Crippen LogP contribution >= 0.6 is 11.8 Å². The fourth-order valence-electron chi connectivity index (χ4n) is 3.62. The molecule has 0 saturated carbocycles. The van der Waals surface area contributed by atoms with Crippen molar-refractivity contribution in [3.8, 4) is 0 Å². The van der Waals surface area contributed by atoms with Crippen LogP contribution in [0, 0.1) is 0 Å². The lowest BCUT2D eigenvalue weighted by Gasteiger charge is -2.35. The third-order valence-electron chi connectivity index (χ3n) is 5.27. The minimum atomic E-state index is -0.103. The molecule has 3 N–H and O–H groups in total. The van der Waals surface area contributed by atoms with Crippen LogP contribution in [0.4, 0.5) is 23.3 Å². The molecule has 1 fully saturated rings. The van der Waals surface area contributed by atoms with E-state index in [0.29, 0.717) is 35.9 Å². The highest BCUT2D eigenvalue weighted by Gasteiger charge is 2.19. The van der Waals surface area contributed by atoms with E-state index >= 15 is 0 Å². The summed E-state index contributed by atoms with van der Waals surface area (Å²) in [6.45, 7) is 9.23. The fourth-order valence-corrected chi connectivity index (χ4v) is 4.34. The highest BCUT2D eigenvalue weighted by atomic mass is 32.2. The predicted octanol–water partition coefficient (Wildman–Crippen LogP) is 1.87. The second-order valence-corrected chi connectivity index (χ2v) is 8.64. The van der Waals surface area contributed by atoms with Gasteiger partial charge in [0, 0.05) is 39.3 Å². The van der Waals surface area contributed by atoms with Gasteiger partial charge in [0.25, 0.3) is 5.78 Å². The molecule has 0 spiro atoms. The number of aromatic nitrogens is 5. The first-order chi connectivity index (χ1) is 16.1. The molecule has 0 radical (unpaired) electrons. The highest BCUT2D eigenvalue weighted by Crippen LogP contribution is 2.27. The average Bonchev–Trinajstić information content (AvgIpc) is 3.22. The van der Waals surface area contributed by atoms with E-state index in [1.54, 1.807) is 4.40 Å². The Morgan fingerprint density at radius 1 is 1.03 bits per heavy atom. The number of likely N-dealkylation sites (N-methyl/N-ethyl adjacent to an activating group) is 1. The zero-order valence-corrected chi connectivity index (χ0v) is 20.0. The lowest BCUT2D eigenvalue weighted by atomic mass is 10.2. The highest BCUT2D eigenvalue weighted by molar-refractivity contribution is 7.99. The number of nitrogens with one attached hydrogen (secondary N) is 3. The summed E-state index contributed by atoms with van der Waals surface area (Å²) < 4.78 is 1.74. The Morgan fingerprint density at radius 2 is 1.79 bits per heavy atom. The summed E-state index contributed by atoms with van der Waals surface area (Å²) in [6, 6.07) is 7.95. The van der Waals surface area contributed by atoms with Gasteiger partial charge in [0.2, 0.25) is 17.8 Å². The summed E-state index contributed by atoms with van der Waals surface area (Å²) in [7, 11) is 2.13. The van der Waals surface area contributed by atoms with Crippen LogP contribution in [0.2, 0.25) is 0 Å². The van der Waals surface area contributed by atoms with Crippen LogP contribution in [0.3, 0.4) is 0 Å². The first-order valence-corrected chi connectivity index (χ1v) is 12.1. The maximum Gasteiger partial charge on any atom is 0.261 e. The Balaban J connectivity index is 1.46. The van der Waals surface area contributed by atoms with E-state index in [9.17, 15) is 4.79 Å². The van der Waals surface area contributed by atoms with Crippen molar-refractivity contribution in [2.24, 2.45) is 0 Å². The van der Waals surface area contributed by atoms with E-state index in [4.69, 9.17) is 0 Å². The van der Waals surface area contributed by atoms with Crippen molar-refractivity contribution in [2.75, 3.05) is 72.9 Å². The van der Waals surface area contributed by atoms with E-state index in [1.807, 2.05) is 32.0 Å². The Morgan fingerprint density at radius 3 is 2.55 bits per heavy atom. The van der Waals surface area contributed by atoms with Gasteiger partial charge >= 0.3 is 0 Å². The third kappa shape index (κ3) is 5.45. The number of benzene rings is 1. The lowest BCUT2D eigenvalue weighted by molar-refractivity contribution is -0.113. The number of rotatable bonds is 9. The van der Waals surface area contributed by atoms with E-state index in [0.717, 1.165) is 37.6 Å². The molecule has 33 heavy (non-hydrogen) atoms. The molecular weight excluding hydrogens is 440 g/mol. The molecule has 0 aliphatic carbocycles. The number of carbonyl (C=O) groups is 1. The predicted molar refractivity (Wildman–Crippen MR) is 132 cm³/mol. The fraction of sp³-hybridized carbons (Fsp3) is 0.476. The number of hydrogen-bond acceptors (Lipinski definition) is 10. The molecule has 1 aliphatic heterocycles. The van der Waals surface area contributed by atoms with Crippen LogP contribution in [-0.4, -0.2) is 87.4 Å². The summed E-state index contributed by atoms with van der Waals surface area (Å²) in [5, 5.41) is 18.3. The number of para-hydroxylation sites is 2. The van der Waals surface area contributed by atoms with Crippen LogP contribution in [-0.2, 0) is 4.79 Å². The molecule has 1 aromatic carbocycles. The quantitative estimate of drug-likeness (QED) is 0.400. The number of amides is 1. The number of anilines is 4. The van der Waals surface area contributed by atoms with Crippen LogP contribution in [0.1, 0.15) is 13.8 Å². The standard InChI is InChI=1S/C21H30N10OS/c1-4-22-18-25-19(23-5-2)31-20(26-18)27-28-21(31)33-14-17(32)24-15-8-6-7-9-16(15)30-12-10-29(3)11-13-30/h6-9H,4-5,10-14H2,1-3H3,(H,24,32)(H2,22,23,25,26,27). The molecule has 1 saturated heterocycles. The number of fused-ring (bicyclic) bond motifs is 1. The molecule has 0 unspecified atom stereocenters. The van der Waals surface area contributed by atoms with Gasteiger partial charge in [-0.25, -0.2) is 4.40 Å². The monoisotopic (exact) mass is 470 g/mol. The number of piperazine rings is 1. The molecule has 176 valence electrons. The van der Waals surface area contributed by atoms with Crippen molar-refractivity contribution in [1.82, 2.24) is 29.5 Å². The van der Waals surface area contributed by atoms with Crippen molar-refractivity contribution in [1.29, 1.82) is 0 Å². The van der Waals surface area contributed by atoms with Crippen LogP contribution in [0.25, 0.3) is 5.78 Å². The number of carbonyl (C=O) groups excluding carboxylic acids is 1. The molecule has 0 atom stereocenters. The molecular formula is C21H30N10OS. The summed E-state index contributed by atoms with van der Waals surface area (Å²) in [6.07, 6.45) is 0. The van der Waals surface area contributed by atoms with Crippen molar-refractivity contribution in [3.63, 3.8) is 0 Å². The average molecular weight is 471 g/mol. The maximum absolute atomic E-state index is 12.8. The number of hydrogen-bond donors (Lipinski definition) is 3. The zero-order valence-electron chi connectivity index (χ0n) is 19.2. The minimum Gasteiger partial charge on any atom is -0.367 e. The zero-order chi connectivity index (χ0) is 23.2. The third-order valence-corrected chi connectivity index (χ3v) is 6.20. The van der Waals surface area contributed by atoms with Crippen LogP contribution in [0.15, 0.2) is 29.4 Å². The van der Waals surface area contributed by atoms with Crippen molar-refractivity contribution in [2.45, 2.75) is 19.0 Å². The Bertz CT molecular complexity index is 1100. The molecule has 12 heteroatoms. The smallest absolute Gasteiger partial charge is 0.261 e.